The zero-order valence-electron chi connectivity index (χ0n) is 15.2. The van der Waals surface area contributed by atoms with Crippen LogP contribution in [-0.2, 0) is 0 Å². The summed E-state index contributed by atoms with van der Waals surface area (Å²) in [5.41, 5.74) is 4.84. The fourth-order valence-corrected chi connectivity index (χ4v) is 3.69. The van der Waals surface area contributed by atoms with Gasteiger partial charge in [0.2, 0.25) is 5.56 Å². The minimum absolute atomic E-state index is 0.0487. The average molecular weight is 362 g/mol. The maximum atomic E-state index is 12.8. The molecule has 0 spiro atoms. The predicted molar refractivity (Wildman–Crippen MR) is 104 cm³/mol. The van der Waals surface area contributed by atoms with E-state index < -0.39 is 0 Å². The van der Waals surface area contributed by atoms with Gasteiger partial charge in [0.15, 0.2) is 0 Å². The van der Waals surface area contributed by atoms with Gasteiger partial charge >= 0.3 is 0 Å². The zero-order chi connectivity index (χ0) is 18.8. The summed E-state index contributed by atoms with van der Waals surface area (Å²) >= 11 is 0. The van der Waals surface area contributed by atoms with E-state index in [-0.39, 0.29) is 17.4 Å². The van der Waals surface area contributed by atoms with Gasteiger partial charge in [-0.2, -0.15) is 5.10 Å². The molecule has 0 bridgehead atoms. The number of nitrogens with zero attached hydrogens (tertiary/aromatic N) is 2. The van der Waals surface area contributed by atoms with Crippen LogP contribution in [-0.4, -0.2) is 39.1 Å². The summed E-state index contributed by atoms with van der Waals surface area (Å²) < 4.78 is 0. The molecule has 1 saturated heterocycles. The molecule has 1 amide bonds. The Balaban J connectivity index is 1.56. The van der Waals surface area contributed by atoms with E-state index in [0.717, 1.165) is 36.2 Å². The molecule has 138 valence electrons. The maximum Gasteiger partial charge on any atom is 0.255 e. The van der Waals surface area contributed by atoms with Crippen LogP contribution in [0.4, 0.5) is 0 Å². The number of rotatable bonds is 3. The summed E-state index contributed by atoms with van der Waals surface area (Å²) in [6.45, 7) is 3.43. The molecule has 6 nitrogen and oxygen atoms in total. The molecule has 0 saturated carbocycles. The highest BCUT2D eigenvalue weighted by Crippen LogP contribution is 2.33. The van der Waals surface area contributed by atoms with Crippen LogP contribution in [0.3, 0.4) is 0 Å². The summed E-state index contributed by atoms with van der Waals surface area (Å²) in [7, 11) is 0. The largest absolute Gasteiger partial charge is 0.338 e. The summed E-state index contributed by atoms with van der Waals surface area (Å²) in [5.74, 6) is 0.164. The lowest BCUT2D eigenvalue weighted by atomic mass is 9.90. The smallest absolute Gasteiger partial charge is 0.255 e. The van der Waals surface area contributed by atoms with E-state index in [1.54, 1.807) is 6.07 Å². The maximum absolute atomic E-state index is 12.8. The van der Waals surface area contributed by atoms with Crippen molar-refractivity contribution in [3.8, 4) is 11.1 Å². The molecule has 0 unspecified atom stereocenters. The van der Waals surface area contributed by atoms with Crippen LogP contribution in [0.2, 0.25) is 0 Å². The molecule has 1 aliphatic rings. The molecule has 4 rings (SSSR count). The molecule has 1 aliphatic heterocycles. The Morgan fingerprint density at radius 2 is 2.00 bits per heavy atom. The van der Waals surface area contributed by atoms with Gasteiger partial charge in [-0.3, -0.25) is 14.7 Å². The number of carbonyl (C=O) groups excluding carboxylic acids is 1. The van der Waals surface area contributed by atoms with Gasteiger partial charge in [-0.25, -0.2) is 0 Å². The standard InChI is InChI=1S/C21H22N4O2/c1-14-4-6-15(7-5-14)18-12-23-24-20(18)17-3-2-10-25(13-17)21(27)16-8-9-19(26)22-11-16/h4-9,11-12,17H,2-3,10,13H2,1H3,(H,22,26)(H,23,24)/t17-/m1/s1. The number of amides is 1. The molecule has 0 radical (unpaired) electrons. The normalized spacial score (nSPS) is 17.1. The minimum Gasteiger partial charge on any atom is -0.338 e. The lowest BCUT2D eigenvalue weighted by Gasteiger charge is -2.32. The number of nitrogens with one attached hydrogen (secondary N) is 2. The van der Waals surface area contributed by atoms with Crippen molar-refractivity contribution in [3.05, 3.63) is 76.0 Å². The van der Waals surface area contributed by atoms with Crippen LogP contribution in [0.1, 0.15) is 40.4 Å². The van der Waals surface area contributed by atoms with Gasteiger partial charge in [0.25, 0.3) is 5.91 Å². The molecule has 3 heterocycles. The monoisotopic (exact) mass is 362 g/mol. The number of hydrogen-bond acceptors (Lipinski definition) is 3. The van der Waals surface area contributed by atoms with Crippen molar-refractivity contribution in [2.45, 2.75) is 25.7 Å². The van der Waals surface area contributed by atoms with Crippen LogP contribution in [0.25, 0.3) is 11.1 Å². The van der Waals surface area contributed by atoms with E-state index in [0.29, 0.717) is 12.1 Å². The van der Waals surface area contributed by atoms with Crippen LogP contribution >= 0.6 is 0 Å². The molecule has 3 aromatic rings. The third-order valence-electron chi connectivity index (χ3n) is 5.18. The highest BCUT2D eigenvalue weighted by Gasteiger charge is 2.28. The number of pyridine rings is 1. The van der Waals surface area contributed by atoms with Crippen molar-refractivity contribution < 1.29 is 4.79 Å². The number of aryl methyl sites for hydroxylation is 1. The minimum atomic E-state index is -0.205. The second kappa shape index (κ2) is 7.23. The van der Waals surface area contributed by atoms with Gasteiger partial charge in [0.1, 0.15) is 0 Å². The third kappa shape index (κ3) is 3.56. The molecule has 1 fully saturated rings. The highest BCUT2D eigenvalue weighted by molar-refractivity contribution is 5.94. The molecule has 1 aromatic carbocycles. The van der Waals surface area contributed by atoms with E-state index >= 15 is 0 Å². The van der Waals surface area contributed by atoms with Crippen molar-refractivity contribution in [3.63, 3.8) is 0 Å². The van der Waals surface area contributed by atoms with Gasteiger partial charge in [0, 0.05) is 42.5 Å². The SMILES string of the molecule is Cc1ccc(-c2cn[nH]c2[C@@H]2CCCN(C(=O)c3ccc(=O)[nH]c3)C2)cc1. The van der Waals surface area contributed by atoms with Gasteiger partial charge < -0.3 is 9.88 Å². The van der Waals surface area contributed by atoms with Crippen molar-refractivity contribution in [1.29, 1.82) is 0 Å². The van der Waals surface area contributed by atoms with Crippen molar-refractivity contribution in [2.24, 2.45) is 0 Å². The first-order valence-corrected chi connectivity index (χ1v) is 9.20. The summed E-state index contributed by atoms with van der Waals surface area (Å²) in [6, 6.07) is 11.4. The van der Waals surface area contributed by atoms with Crippen LogP contribution in [0.5, 0.6) is 0 Å². The Bertz CT molecular complexity index is 983. The lowest BCUT2D eigenvalue weighted by Crippen LogP contribution is -2.39. The third-order valence-corrected chi connectivity index (χ3v) is 5.18. The molecular formula is C21H22N4O2. The Morgan fingerprint density at radius 1 is 1.19 bits per heavy atom. The van der Waals surface area contributed by atoms with E-state index in [4.69, 9.17) is 0 Å². The van der Waals surface area contributed by atoms with Gasteiger partial charge in [0.05, 0.1) is 11.8 Å². The van der Waals surface area contributed by atoms with E-state index in [1.807, 2.05) is 11.1 Å². The molecule has 1 atom stereocenters. The van der Waals surface area contributed by atoms with Gasteiger partial charge in [-0.1, -0.05) is 29.8 Å². The molecule has 6 heteroatoms. The zero-order valence-corrected chi connectivity index (χ0v) is 15.2. The Hall–Kier alpha value is -3.15. The molecule has 27 heavy (non-hydrogen) atoms. The number of aromatic nitrogens is 3. The van der Waals surface area contributed by atoms with E-state index in [2.05, 4.69) is 46.4 Å². The summed E-state index contributed by atoms with van der Waals surface area (Å²) in [4.78, 5) is 28.5. The van der Waals surface area contributed by atoms with E-state index in [1.165, 1.54) is 17.8 Å². The van der Waals surface area contributed by atoms with Gasteiger partial charge in [-0.05, 0) is 31.4 Å². The molecule has 2 N–H and O–H groups in total. The second-order valence-electron chi connectivity index (χ2n) is 7.10. The Kier molecular flexibility index (Phi) is 4.62. The van der Waals surface area contributed by atoms with E-state index in [9.17, 15) is 9.59 Å². The Labute approximate surface area is 157 Å². The number of carbonyl (C=O) groups is 1. The van der Waals surface area contributed by atoms with Crippen LogP contribution in [0, 0.1) is 6.92 Å². The first-order valence-electron chi connectivity index (χ1n) is 9.20. The van der Waals surface area contributed by atoms with Crippen molar-refractivity contribution >= 4 is 5.91 Å². The first-order chi connectivity index (χ1) is 13.1. The van der Waals surface area contributed by atoms with Gasteiger partial charge in [-0.15, -0.1) is 0 Å². The van der Waals surface area contributed by atoms with Crippen LogP contribution in [0.15, 0.2) is 53.6 Å². The highest BCUT2D eigenvalue weighted by atomic mass is 16.2. The fraction of sp³-hybridized carbons (Fsp3) is 0.286. The van der Waals surface area contributed by atoms with Crippen molar-refractivity contribution in [2.75, 3.05) is 13.1 Å². The summed E-state index contributed by atoms with van der Waals surface area (Å²) in [6.07, 6.45) is 5.30. The summed E-state index contributed by atoms with van der Waals surface area (Å²) in [5, 5.41) is 7.43. The second-order valence-corrected chi connectivity index (χ2v) is 7.10. The van der Waals surface area contributed by atoms with Crippen molar-refractivity contribution in [1.82, 2.24) is 20.1 Å². The first kappa shape index (κ1) is 17.3. The molecule has 0 aliphatic carbocycles. The van der Waals surface area contributed by atoms with Crippen LogP contribution < -0.4 is 5.56 Å². The number of likely N-dealkylation sites (tertiary alicyclic amines) is 1. The Morgan fingerprint density at radius 3 is 2.74 bits per heavy atom. The number of piperidine rings is 1. The lowest BCUT2D eigenvalue weighted by molar-refractivity contribution is 0.0705. The number of hydrogen-bond donors (Lipinski definition) is 2. The molecular weight excluding hydrogens is 340 g/mol. The quantitative estimate of drug-likeness (QED) is 0.751. The topological polar surface area (TPSA) is 81.8 Å². The molecule has 2 aromatic heterocycles. The number of benzene rings is 1. The number of H-pyrrole nitrogens is 2. The predicted octanol–water partition coefficient (Wildman–Crippen LogP) is 3.09. The fourth-order valence-electron chi connectivity index (χ4n) is 3.69. The average Bonchev–Trinajstić information content (AvgIpc) is 3.18. The number of aromatic amines is 2.